The van der Waals surface area contributed by atoms with Crippen LogP contribution in [0.25, 0.3) is 0 Å². The number of likely N-dealkylation sites (tertiary alicyclic amines) is 2. The summed E-state index contributed by atoms with van der Waals surface area (Å²) in [6, 6.07) is 6.33. The van der Waals surface area contributed by atoms with Crippen LogP contribution in [-0.2, 0) is 14.4 Å². The molecule has 1 saturated carbocycles. The smallest absolute Gasteiger partial charge is 0.326 e. The number of allylic oxidation sites excluding steroid dienone is 1. The molecule has 4 atom stereocenters. The molecule has 8 heteroatoms. The topological polar surface area (TPSA) is 81.2 Å². The van der Waals surface area contributed by atoms with Crippen LogP contribution in [0.5, 0.6) is 0 Å². The van der Waals surface area contributed by atoms with Gasteiger partial charge in [-0.1, -0.05) is 64.9 Å². The number of carboxylic acids is 1. The highest BCUT2D eigenvalue weighted by Crippen LogP contribution is 2.41. The van der Waals surface area contributed by atoms with Gasteiger partial charge in [-0.15, -0.1) is 0 Å². The Morgan fingerprint density at radius 1 is 1.02 bits per heavy atom. The number of halogens is 1. The highest BCUT2D eigenvalue weighted by molar-refractivity contribution is 6.30. The first-order valence-electron chi connectivity index (χ1n) is 14.6. The molecule has 7 nitrogen and oxygen atoms in total. The molecule has 220 valence electrons. The number of rotatable bonds is 6. The number of carbonyl (C=O) groups is 3. The second kappa shape index (κ2) is 11.4. The van der Waals surface area contributed by atoms with Gasteiger partial charge in [-0.25, -0.2) is 4.79 Å². The van der Waals surface area contributed by atoms with Crippen molar-refractivity contribution in [3.05, 3.63) is 47.1 Å². The van der Waals surface area contributed by atoms with Gasteiger partial charge >= 0.3 is 5.97 Å². The van der Waals surface area contributed by atoms with Crippen molar-refractivity contribution in [3.63, 3.8) is 0 Å². The van der Waals surface area contributed by atoms with Gasteiger partial charge in [-0.2, -0.15) is 0 Å². The van der Waals surface area contributed by atoms with E-state index in [0.29, 0.717) is 18.1 Å². The largest absolute Gasteiger partial charge is 0.480 e. The van der Waals surface area contributed by atoms with Crippen LogP contribution in [0.2, 0.25) is 5.02 Å². The number of benzene rings is 1. The molecule has 3 aliphatic rings. The van der Waals surface area contributed by atoms with Crippen molar-refractivity contribution in [3.8, 4) is 0 Å². The fourth-order valence-corrected chi connectivity index (χ4v) is 6.92. The van der Waals surface area contributed by atoms with Crippen molar-refractivity contribution < 1.29 is 19.5 Å². The fraction of sp³-hybridized carbons (Fsp3) is 0.656. The molecule has 2 amide bonds. The van der Waals surface area contributed by atoms with Crippen LogP contribution in [0.1, 0.15) is 85.1 Å². The molecule has 4 rings (SSSR count). The van der Waals surface area contributed by atoms with Crippen LogP contribution in [0.15, 0.2) is 36.5 Å². The Morgan fingerprint density at radius 2 is 1.62 bits per heavy atom. The van der Waals surface area contributed by atoms with E-state index in [2.05, 4.69) is 25.3 Å². The maximum absolute atomic E-state index is 14.3. The third-order valence-electron chi connectivity index (χ3n) is 9.29. The summed E-state index contributed by atoms with van der Waals surface area (Å²) < 4.78 is 0. The highest BCUT2D eigenvalue weighted by Gasteiger charge is 2.50. The summed E-state index contributed by atoms with van der Waals surface area (Å²) in [7, 11) is 0. The lowest BCUT2D eigenvalue weighted by Gasteiger charge is -2.45. The molecule has 1 N–H and O–H groups in total. The van der Waals surface area contributed by atoms with Gasteiger partial charge in [0.25, 0.3) is 0 Å². The number of nitrogens with zero attached hydrogens (tertiary/aromatic N) is 3. The number of aliphatic carboxylic acids is 1. The Labute approximate surface area is 244 Å². The fourth-order valence-electron chi connectivity index (χ4n) is 6.80. The van der Waals surface area contributed by atoms with E-state index >= 15 is 0 Å². The van der Waals surface area contributed by atoms with Crippen LogP contribution in [-0.4, -0.2) is 75.3 Å². The number of hydrogen-bond acceptors (Lipinski definition) is 4. The monoisotopic (exact) mass is 571 g/mol. The Kier molecular flexibility index (Phi) is 8.66. The van der Waals surface area contributed by atoms with E-state index in [1.165, 1.54) is 0 Å². The molecule has 1 unspecified atom stereocenters. The van der Waals surface area contributed by atoms with Crippen molar-refractivity contribution >= 4 is 29.4 Å². The standard InChI is InChI=1S/C32H46ClN3O4/c1-20(2)34-18-25(21-8-10-22(33)11-9-21)26(19-34)28(37)35-17-24(16-27(35)29(38)39)36(30(40)31(3,4)5)23-12-14-32(6,7)15-13-23/h8-11,23-27H,1,12-19H2,2-7H3,(H,38,39)/t24-,25+,26?,27-/m0/s1. The first-order chi connectivity index (χ1) is 18.6. The third-order valence-corrected chi connectivity index (χ3v) is 9.55. The molecule has 1 aromatic rings. The maximum atomic E-state index is 14.3. The molecule has 1 aliphatic carbocycles. The molecule has 0 radical (unpaired) electrons. The van der Waals surface area contributed by atoms with Crippen molar-refractivity contribution in [2.45, 2.75) is 97.7 Å². The van der Waals surface area contributed by atoms with Crippen LogP contribution in [0.4, 0.5) is 0 Å². The van der Waals surface area contributed by atoms with E-state index in [4.69, 9.17) is 11.6 Å². The summed E-state index contributed by atoms with van der Waals surface area (Å²) in [6.45, 7) is 17.7. The predicted octanol–water partition coefficient (Wildman–Crippen LogP) is 5.79. The van der Waals surface area contributed by atoms with Gasteiger partial charge in [-0.05, 0) is 55.7 Å². The molecule has 0 spiro atoms. The van der Waals surface area contributed by atoms with Crippen LogP contribution in [0.3, 0.4) is 0 Å². The van der Waals surface area contributed by atoms with Gasteiger partial charge in [0.05, 0.1) is 12.0 Å². The Hall–Kier alpha value is -2.54. The molecule has 2 heterocycles. The van der Waals surface area contributed by atoms with Gasteiger partial charge in [-0.3, -0.25) is 9.59 Å². The van der Waals surface area contributed by atoms with Crippen LogP contribution >= 0.6 is 11.6 Å². The molecule has 2 aliphatic heterocycles. The van der Waals surface area contributed by atoms with E-state index in [1.54, 1.807) is 4.90 Å². The van der Waals surface area contributed by atoms with Crippen LogP contribution < -0.4 is 0 Å². The Bertz CT molecular complexity index is 1130. The highest BCUT2D eigenvalue weighted by atomic mass is 35.5. The molecule has 3 fully saturated rings. The lowest BCUT2D eigenvalue weighted by molar-refractivity contribution is -0.150. The molecule has 0 bridgehead atoms. The zero-order valence-electron chi connectivity index (χ0n) is 25.0. The van der Waals surface area contributed by atoms with Gasteiger partial charge < -0.3 is 19.8 Å². The first kappa shape index (κ1) is 30.4. The molecule has 1 aromatic carbocycles. The normalized spacial score (nSPS) is 27.1. The van der Waals surface area contributed by atoms with E-state index in [1.807, 2.05) is 56.9 Å². The zero-order valence-corrected chi connectivity index (χ0v) is 25.7. The summed E-state index contributed by atoms with van der Waals surface area (Å²) in [4.78, 5) is 46.3. The molecule has 0 aromatic heterocycles. The van der Waals surface area contributed by atoms with E-state index in [0.717, 1.165) is 36.9 Å². The average molecular weight is 572 g/mol. The number of carbonyl (C=O) groups excluding carboxylic acids is 2. The van der Waals surface area contributed by atoms with E-state index < -0.39 is 23.3 Å². The van der Waals surface area contributed by atoms with Crippen LogP contribution in [0, 0.1) is 16.7 Å². The third kappa shape index (κ3) is 6.35. The number of carboxylic acid groups (broad SMARTS) is 1. The first-order valence-corrected chi connectivity index (χ1v) is 15.0. The van der Waals surface area contributed by atoms with Crippen molar-refractivity contribution in [1.82, 2.24) is 14.7 Å². The van der Waals surface area contributed by atoms with Gasteiger partial charge in [0.15, 0.2) is 0 Å². The minimum Gasteiger partial charge on any atom is -0.480 e. The Balaban J connectivity index is 1.63. The van der Waals surface area contributed by atoms with E-state index in [9.17, 15) is 19.5 Å². The maximum Gasteiger partial charge on any atom is 0.326 e. The quantitative estimate of drug-likeness (QED) is 0.467. The summed E-state index contributed by atoms with van der Waals surface area (Å²) in [5.74, 6) is -1.66. The molecule has 40 heavy (non-hydrogen) atoms. The van der Waals surface area contributed by atoms with Gasteiger partial charge in [0.1, 0.15) is 6.04 Å². The minimum atomic E-state index is -1.01. The summed E-state index contributed by atoms with van der Waals surface area (Å²) in [5, 5.41) is 10.9. The zero-order chi connectivity index (χ0) is 29.6. The van der Waals surface area contributed by atoms with Gasteiger partial charge in [0.2, 0.25) is 11.8 Å². The van der Waals surface area contributed by atoms with Crippen molar-refractivity contribution in [2.24, 2.45) is 16.7 Å². The molecular formula is C32H46ClN3O4. The van der Waals surface area contributed by atoms with E-state index in [-0.39, 0.29) is 48.2 Å². The lowest BCUT2D eigenvalue weighted by Crippen LogP contribution is -2.54. The Morgan fingerprint density at radius 3 is 2.15 bits per heavy atom. The summed E-state index contributed by atoms with van der Waals surface area (Å²) >= 11 is 6.14. The predicted molar refractivity (Wildman–Crippen MR) is 158 cm³/mol. The summed E-state index contributed by atoms with van der Waals surface area (Å²) in [5.41, 5.74) is 1.52. The number of hydrogen-bond donors (Lipinski definition) is 1. The van der Waals surface area contributed by atoms with Crippen molar-refractivity contribution in [1.29, 1.82) is 0 Å². The second-order valence-electron chi connectivity index (χ2n) is 14.0. The lowest BCUT2D eigenvalue weighted by atomic mass is 9.74. The minimum absolute atomic E-state index is 0.0361. The number of amides is 2. The summed E-state index contributed by atoms with van der Waals surface area (Å²) in [6.07, 6.45) is 4.08. The SMILES string of the molecule is C=C(C)N1CC(C(=O)N2C[C@@H](N(C(=O)C(C)(C)C)C3CCC(C)(C)CC3)C[C@H]2C(=O)O)[C@@H](c2ccc(Cl)cc2)C1. The second-order valence-corrected chi connectivity index (χ2v) is 14.4. The molecular weight excluding hydrogens is 526 g/mol. The van der Waals surface area contributed by atoms with Gasteiger partial charge in [0, 0.05) is 54.1 Å². The molecule has 2 saturated heterocycles. The average Bonchev–Trinajstić information content (AvgIpc) is 3.50. The van der Waals surface area contributed by atoms with Crippen molar-refractivity contribution in [2.75, 3.05) is 19.6 Å².